The number of rotatable bonds is 4. The van der Waals surface area contributed by atoms with Gasteiger partial charge >= 0.3 is 0 Å². The van der Waals surface area contributed by atoms with Gasteiger partial charge in [0.25, 0.3) is 0 Å². The summed E-state index contributed by atoms with van der Waals surface area (Å²) in [5.74, 6) is -0.407. The lowest BCUT2D eigenvalue weighted by atomic mass is 10.0. The van der Waals surface area contributed by atoms with Gasteiger partial charge in [-0.15, -0.1) is 0 Å². The minimum atomic E-state index is -0.855. The Morgan fingerprint density at radius 2 is 2.11 bits per heavy atom. The second-order valence-corrected chi connectivity index (χ2v) is 4.87. The predicted molar refractivity (Wildman–Crippen MR) is 72.1 cm³/mol. The summed E-state index contributed by atoms with van der Waals surface area (Å²) in [4.78, 5) is 0. The maximum Gasteiger partial charge on any atom is 0.123 e. The normalized spacial score (nSPS) is 12.9. The van der Waals surface area contributed by atoms with Crippen molar-refractivity contribution in [1.82, 2.24) is 9.78 Å². The molecule has 1 unspecified atom stereocenters. The van der Waals surface area contributed by atoms with E-state index in [-0.39, 0.29) is 6.04 Å². The molecule has 4 nitrogen and oxygen atoms in total. The zero-order valence-corrected chi connectivity index (χ0v) is 11.0. The van der Waals surface area contributed by atoms with Gasteiger partial charge in [0.15, 0.2) is 0 Å². The van der Waals surface area contributed by atoms with Gasteiger partial charge in [-0.1, -0.05) is 0 Å². The molecule has 0 amide bonds. The van der Waals surface area contributed by atoms with Gasteiger partial charge in [-0.3, -0.25) is 4.68 Å². The molecule has 0 radical (unpaired) electrons. The third-order valence-electron chi connectivity index (χ3n) is 3.00. The molecule has 0 saturated carbocycles. The zero-order valence-electron chi connectivity index (χ0n) is 11.0. The average molecular weight is 263 g/mol. The number of halogens is 1. The highest BCUT2D eigenvalue weighted by atomic mass is 19.1. The van der Waals surface area contributed by atoms with Crippen molar-refractivity contribution >= 4 is 5.69 Å². The van der Waals surface area contributed by atoms with Gasteiger partial charge in [-0.05, 0) is 38.1 Å². The van der Waals surface area contributed by atoms with Crippen molar-refractivity contribution < 1.29 is 9.50 Å². The summed E-state index contributed by atoms with van der Waals surface area (Å²) in [7, 11) is 0. The molecule has 19 heavy (non-hydrogen) atoms. The monoisotopic (exact) mass is 263 g/mol. The number of benzene rings is 1. The van der Waals surface area contributed by atoms with Gasteiger partial charge in [0.05, 0.1) is 11.8 Å². The first-order valence-corrected chi connectivity index (χ1v) is 6.24. The van der Waals surface area contributed by atoms with Crippen LogP contribution >= 0.6 is 0 Å². The highest BCUT2D eigenvalue weighted by Gasteiger charge is 2.14. The van der Waals surface area contributed by atoms with Crippen LogP contribution in [0.15, 0.2) is 30.5 Å². The van der Waals surface area contributed by atoms with E-state index in [1.807, 2.05) is 30.8 Å². The van der Waals surface area contributed by atoms with E-state index >= 15 is 0 Å². The van der Waals surface area contributed by atoms with Crippen LogP contribution in [0.1, 0.15) is 37.3 Å². The molecule has 102 valence electrons. The highest BCUT2D eigenvalue weighted by molar-refractivity contribution is 5.48. The summed E-state index contributed by atoms with van der Waals surface area (Å²) in [6, 6.07) is 6.11. The minimum Gasteiger partial charge on any atom is -0.398 e. The van der Waals surface area contributed by atoms with Gasteiger partial charge < -0.3 is 10.8 Å². The molecule has 0 bridgehead atoms. The topological polar surface area (TPSA) is 64.1 Å². The van der Waals surface area contributed by atoms with Crippen molar-refractivity contribution in [3.8, 4) is 0 Å². The van der Waals surface area contributed by atoms with E-state index in [1.54, 1.807) is 0 Å². The molecule has 0 saturated heterocycles. The molecular weight excluding hydrogens is 245 g/mol. The van der Waals surface area contributed by atoms with Crippen molar-refractivity contribution in [2.75, 3.05) is 5.73 Å². The molecule has 1 aromatic heterocycles. The van der Waals surface area contributed by atoms with Crippen molar-refractivity contribution in [2.24, 2.45) is 0 Å². The molecular formula is C14H18FN3O. The molecule has 0 fully saturated rings. The smallest absolute Gasteiger partial charge is 0.123 e. The number of nitrogens with two attached hydrogens (primary N) is 1. The third-order valence-corrected chi connectivity index (χ3v) is 3.00. The van der Waals surface area contributed by atoms with Crippen LogP contribution in [-0.2, 0) is 6.42 Å². The molecule has 3 N–H and O–H groups in total. The van der Waals surface area contributed by atoms with E-state index in [0.717, 1.165) is 5.69 Å². The van der Waals surface area contributed by atoms with Gasteiger partial charge in [-0.2, -0.15) is 5.10 Å². The SMILES string of the molecule is CC(C)n1ccc(CC(O)c2cc(F)ccc2N)n1. The quantitative estimate of drug-likeness (QED) is 0.833. The molecule has 1 atom stereocenters. The molecule has 1 heterocycles. The summed E-state index contributed by atoms with van der Waals surface area (Å²) in [5, 5.41) is 14.5. The molecule has 5 heteroatoms. The Morgan fingerprint density at radius 3 is 2.74 bits per heavy atom. The molecule has 0 aliphatic carbocycles. The lowest BCUT2D eigenvalue weighted by molar-refractivity contribution is 0.177. The Bertz CT molecular complexity index is 566. The Balaban J connectivity index is 2.15. The van der Waals surface area contributed by atoms with Crippen LogP contribution < -0.4 is 5.73 Å². The van der Waals surface area contributed by atoms with E-state index in [0.29, 0.717) is 17.7 Å². The predicted octanol–water partition coefficient (Wildman–Crippen LogP) is 2.46. The van der Waals surface area contributed by atoms with Crippen molar-refractivity contribution in [3.05, 3.63) is 47.5 Å². The summed E-state index contributed by atoms with van der Waals surface area (Å²) in [6.07, 6.45) is 1.32. The van der Waals surface area contributed by atoms with Crippen LogP contribution in [0, 0.1) is 5.82 Å². The maximum atomic E-state index is 13.2. The van der Waals surface area contributed by atoms with Crippen LogP contribution in [-0.4, -0.2) is 14.9 Å². The molecule has 0 aliphatic rings. The van der Waals surface area contributed by atoms with E-state index in [4.69, 9.17) is 5.73 Å². The fourth-order valence-corrected chi connectivity index (χ4v) is 1.92. The first-order valence-electron chi connectivity index (χ1n) is 6.24. The van der Waals surface area contributed by atoms with E-state index in [9.17, 15) is 9.50 Å². The first kappa shape index (κ1) is 13.5. The number of aromatic nitrogens is 2. The standard InChI is InChI=1S/C14H18FN3O/c1-9(2)18-6-5-11(17-18)8-14(19)12-7-10(15)3-4-13(12)16/h3-7,9,14,19H,8,16H2,1-2H3. The van der Waals surface area contributed by atoms with E-state index in [1.165, 1.54) is 18.2 Å². The second kappa shape index (κ2) is 5.40. The molecule has 0 aliphatic heterocycles. The Morgan fingerprint density at radius 1 is 1.37 bits per heavy atom. The van der Waals surface area contributed by atoms with Gasteiger partial charge in [0, 0.05) is 29.9 Å². The van der Waals surface area contributed by atoms with Crippen LogP contribution in [0.2, 0.25) is 0 Å². The van der Waals surface area contributed by atoms with Crippen molar-refractivity contribution in [3.63, 3.8) is 0 Å². The fourth-order valence-electron chi connectivity index (χ4n) is 1.92. The summed E-state index contributed by atoms with van der Waals surface area (Å²) < 4.78 is 15.0. The van der Waals surface area contributed by atoms with Gasteiger partial charge in [0.2, 0.25) is 0 Å². The number of anilines is 1. The largest absolute Gasteiger partial charge is 0.398 e. The van der Waals surface area contributed by atoms with Gasteiger partial charge in [0.1, 0.15) is 5.82 Å². The average Bonchev–Trinajstić information content (AvgIpc) is 2.80. The van der Waals surface area contributed by atoms with E-state index < -0.39 is 11.9 Å². The lowest BCUT2D eigenvalue weighted by Crippen LogP contribution is -2.07. The number of aliphatic hydroxyl groups is 1. The number of hydrogen-bond donors (Lipinski definition) is 2. The van der Waals surface area contributed by atoms with Crippen LogP contribution in [0.4, 0.5) is 10.1 Å². The minimum absolute atomic E-state index is 0.269. The maximum absolute atomic E-state index is 13.2. The zero-order chi connectivity index (χ0) is 14.0. The molecule has 0 spiro atoms. The van der Waals surface area contributed by atoms with E-state index in [2.05, 4.69) is 5.10 Å². The van der Waals surface area contributed by atoms with Crippen LogP contribution in [0.3, 0.4) is 0 Å². The summed E-state index contributed by atoms with van der Waals surface area (Å²) in [6.45, 7) is 4.05. The first-order chi connectivity index (χ1) is 8.97. The summed E-state index contributed by atoms with van der Waals surface area (Å²) >= 11 is 0. The fraction of sp³-hybridized carbons (Fsp3) is 0.357. The van der Waals surface area contributed by atoms with Crippen molar-refractivity contribution in [2.45, 2.75) is 32.4 Å². The van der Waals surface area contributed by atoms with Gasteiger partial charge in [-0.25, -0.2) is 4.39 Å². The van der Waals surface area contributed by atoms with Crippen LogP contribution in [0.25, 0.3) is 0 Å². The number of hydrogen-bond acceptors (Lipinski definition) is 3. The van der Waals surface area contributed by atoms with Crippen LogP contribution in [0.5, 0.6) is 0 Å². The highest BCUT2D eigenvalue weighted by Crippen LogP contribution is 2.24. The Kier molecular flexibility index (Phi) is 3.85. The van der Waals surface area contributed by atoms with Crippen molar-refractivity contribution in [1.29, 1.82) is 0 Å². The number of aliphatic hydroxyl groups excluding tert-OH is 1. The molecule has 2 aromatic rings. The Labute approximate surface area is 111 Å². The molecule has 1 aromatic carbocycles. The number of nitrogens with zero attached hydrogens (tertiary/aromatic N) is 2. The lowest BCUT2D eigenvalue weighted by Gasteiger charge is -2.12. The Hall–Kier alpha value is -1.88. The summed E-state index contributed by atoms with van der Waals surface area (Å²) in [5.41, 5.74) is 7.29. The second-order valence-electron chi connectivity index (χ2n) is 4.87. The number of nitrogen functional groups attached to an aromatic ring is 1. The third kappa shape index (κ3) is 3.12. The molecule has 2 rings (SSSR count).